The van der Waals surface area contributed by atoms with Crippen LogP contribution in [0.3, 0.4) is 0 Å². The lowest BCUT2D eigenvalue weighted by atomic mass is 10.0. The van der Waals surface area contributed by atoms with Crippen LogP contribution < -0.4 is 16.0 Å². The zero-order valence-corrected chi connectivity index (χ0v) is 13.0. The number of rotatable bonds is 8. The molecule has 0 spiro atoms. The monoisotopic (exact) mass is 328 g/mol. The van der Waals surface area contributed by atoms with Crippen LogP contribution in [0.4, 0.5) is 0 Å². The van der Waals surface area contributed by atoms with Gasteiger partial charge in [0.15, 0.2) is 11.7 Å². The Morgan fingerprint density at radius 1 is 1.36 bits per heavy atom. The smallest absolute Gasteiger partial charge is 0.271 e. The molecule has 0 saturated carbocycles. The molecule has 0 saturated heterocycles. The van der Waals surface area contributed by atoms with Crippen LogP contribution >= 0.6 is 11.8 Å². The number of amides is 1. The Balaban J connectivity index is 2.69. The highest BCUT2D eigenvalue weighted by molar-refractivity contribution is 8.13. The summed E-state index contributed by atoms with van der Waals surface area (Å²) >= 11 is 1.09. The summed E-state index contributed by atoms with van der Waals surface area (Å²) in [5, 5.41) is 20.2. The van der Waals surface area contributed by atoms with Crippen molar-refractivity contribution in [3.63, 3.8) is 0 Å². The molecule has 2 atom stereocenters. The first-order valence-corrected chi connectivity index (χ1v) is 7.65. The van der Waals surface area contributed by atoms with E-state index in [4.69, 9.17) is 10.6 Å². The molecule has 22 heavy (non-hydrogen) atoms. The molecule has 0 radical (unpaired) electrons. The molecular weight excluding hydrogens is 308 g/mol. The number of aliphatic hydroxyl groups is 2. The maximum atomic E-state index is 11.1. The molecule has 1 amide bonds. The molecule has 0 fully saturated rings. The van der Waals surface area contributed by atoms with Crippen molar-refractivity contribution >= 4 is 22.8 Å². The van der Waals surface area contributed by atoms with Crippen molar-refractivity contribution in [2.45, 2.75) is 25.6 Å². The van der Waals surface area contributed by atoms with Gasteiger partial charge in [0.05, 0.1) is 6.10 Å². The van der Waals surface area contributed by atoms with Crippen LogP contribution in [-0.4, -0.2) is 39.7 Å². The van der Waals surface area contributed by atoms with Gasteiger partial charge in [-0.25, -0.2) is 5.84 Å². The van der Waals surface area contributed by atoms with E-state index in [0.29, 0.717) is 11.3 Å². The minimum Gasteiger partial charge on any atom is -0.483 e. The third-order valence-corrected chi connectivity index (χ3v) is 3.69. The van der Waals surface area contributed by atoms with Crippen molar-refractivity contribution in [3.05, 3.63) is 29.8 Å². The van der Waals surface area contributed by atoms with Gasteiger partial charge in [0, 0.05) is 18.2 Å². The van der Waals surface area contributed by atoms with Crippen LogP contribution in [0.15, 0.2) is 24.3 Å². The number of hydrogen-bond acceptors (Lipinski definition) is 7. The van der Waals surface area contributed by atoms with Crippen LogP contribution in [0.5, 0.6) is 5.75 Å². The van der Waals surface area contributed by atoms with Gasteiger partial charge in [-0.3, -0.25) is 15.0 Å². The van der Waals surface area contributed by atoms with Crippen molar-refractivity contribution in [1.82, 2.24) is 5.43 Å². The van der Waals surface area contributed by atoms with Crippen LogP contribution in [0, 0.1) is 0 Å². The number of thioether (sulfide) groups is 1. The summed E-state index contributed by atoms with van der Waals surface area (Å²) in [7, 11) is 0. The molecule has 0 aromatic heterocycles. The lowest BCUT2D eigenvalue weighted by Gasteiger charge is -2.20. The van der Waals surface area contributed by atoms with Crippen molar-refractivity contribution in [2.24, 2.45) is 5.84 Å². The zero-order valence-electron chi connectivity index (χ0n) is 12.2. The van der Waals surface area contributed by atoms with Gasteiger partial charge >= 0.3 is 0 Å². The van der Waals surface area contributed by atoms with Crippen LogP contribution in [-0.2, 0) is 9.59 Å². The highest BCUT2D eigenvalue weighted by Crippen LogP contribution is 2.28. The molecule has 0 aliphatic rings. The summed E-state index contributed by atoms with van der Waals surface area (Å²) in [4.78, 5) is 21.9. The molecule has 8 heteroatoms. The number of hydrazine groups is 1. The van der Waals surface area contributed by atoms with Gasteiger partial charge < -0.3 is 14.9 Å². The van der Waals surface area contributed by atoms with E-state index in [2.05, 4.69) is 0 Å². The molecule has 1 rings (SSSR count). The third kappa shape index (κ3) is 6.02. The van der Waals surface area contributed by atoms with Crippen LogP contribution in [0.25, 0.3) is 0 Å². The second-order valence-corrected chi connectivity index (χ2v) is 5.81. The Bertz CT molecular complexity index is 512. The van der Waals surface area contributed by atoms with Crippen molar-refractivity contribution in [1.29, 1.82) is 0 Å². The van der Waals surface area contributed by atoms with Crippen molar-refractivity contribution in [2.75, 3.05) is 12.4 Å². The number of benzene rings is 1. The van der Waals surface area contributed by atoms with E-state index in [0.717, 1.165) is 11.8 Å². The lowest BCUT2D eigenvalue weighted by molar-refractivity contribution is -0.123. The van der Waals surface area contributed by atoms with E-state index >= 15 is 0 Å². The summed E-state index contributed by atoms with van der Waals surface area (Å²) in [6.45, 7) is 1.15. The van der Waals surface area contributed by atoms with Gasteiger partial charge in [0.1, 0.15) is 11.9 Å². The molecule has 5 N–H and O–H groups in total. The topological polar surface area (TPSA) is 122 Å². The Labute approximate surface area is 132 Å². The Hall–Kier alpha value is -1.61. The summed E-state index contributed by atoms with van der Waals surface area (Å²) in [5.41, 5.74) is 2.30. The van der Waals surface area contributed by atoms with Gasteiger partial charge in [-0.1, -0.05) is 30.0 Å². The highest BCUT2D eigenvalue weighted by Gasteiger charge is 2.22. The van der Waals surface area contributed by atoms with Gasteiger partial charge in [0.2, 0.25) is 0 Å². The second-order valence-electron chi connectivity index (χ2n) is 4.53. The quantitative estimate of drug-likeness (QED) is 0.304. The number of nitrogens with one attached hydrogen (secondary N) is 1. The predicted molar refractivity (Wildman–Crippen MR) is 83.0 cm³/mol. The summed E-state index contributed by atoms with van der Waals surface area (Å²) in [6.07, 6.45) is -1.96. The van der Waals surface area contributed by atoms with E-state index in [9.17, 15) is 19.8 Å². The van der Waals surface area contributed by atoms with Crippen molar-refractivity contribution in [3.8, 4) is 5.75 Å². The van der Waals surface area contributed by atoms with Gasteiger partial charge in [-0.2, -0.15) is 0 Å². The third-order valence-electron chi connectivity index (χ3n) is 2.84. The number of nitrogens with two attached hydrogens (primary N) is 1. The number of ether oxygens (including phenoxy) is 1. The van der Waals surface area contributed by atoms with Crippen LogP contribution in [0.2, 0.25) is 0 Å². The summed E-state index contributed by atoms with van der Waals surface area (Å²) < 4.78 is 5.28. The number of hydrogen-bond donors (Lipinski definition) is 4. The molecule has 0 heterocycles. The minimum absolute atomic E-state index is 0.0433. The number of carbonyl (C=O) groups excluding carboxylic acids is 2. The molecule has 0 bridgehead atoms. The van der Waals surface area contributed by atoms with Gasteiger partial charge in [0.25, 0.3) is 5.91 Å². The fraction of sp³-hybridized carbons (Fsp3) is 0.429. The number of aliphatic hydroxyl groups excluding tert-OH is 2. The predicted octanol–water partition coefficient (Wildman–Crippen LogP) is 0.119. The van der Waals surface area contributed by atoms with Gasteiger partial charge in [-0.15, -0.1) is 0 Å². The fourth-order valence-electron chi connectivity index (χ4n) is 1.73. The first kappa shape index (κ1) is 18.4. The van der Waals surface area contributed by atoms with E-state index in [1.54, 1.807) is 24.3 Å². The fourth-order valence-corrected chi connectivity index (χ4v) is 2.38. The first-order valence-electron chi connectivity index (χ1n) is 6.66. The van der Waals surface area contributed by atoms with E-state index in [1.165, 1.54) is 6.92 Å². The van der Waals surface area contributed by atoms with Crippen LogP contribution in [0.1, 0.15) is 25.0 Å². The largest absolute Gasteiger partial charge is 0.483 e. The minimum atomic E-state index is -1.18. The standard InChI is InChI=1S/C14H20N2O5S/c1-9(17)22-7-6-11(18)14(20)10-4-2-3-5-12(10)21-8-13(19)16-15/h2-5,11,14,18,20H,6-8,15H2,1H3,(H,16,19). The molecule has 7 nitrogen and oxygen atoms in total. The summed E-state index contributed by atoms with van der Waals surface area (Å²) in [5.74, 6) is 5.15. The van der Waals surface area contributed by atoms with E-state index < -0.39 is 18.1 Å². The average Bonchev–Trinajstić information content (AvgIpc) is 2.51. The Morgan fingerprint density at radius 3 is 2.68 bits per heavy atom. The molecule has 2 unspecified atom stereocenters. The van der Waals surface area contributed by atoms with E-state index in [1.807, 2.05) is 5.43 Å². The molecule has 1 aromatic rings. The number of carbonyl (C=O) groups is 2. The Kier molecular flexibility index (Phi) is 7.89. The van der Waals surface area contributed by atoms with Gasteiger partial charge in [-0.05, 0) is 12.5 Å². The molecule has 1 aromatic carbocycles. The SMILES string of the molecule is CC(=O)SCCC(O)C(O)c1ccccc1OCC(=O)NN. The van der Waals surface area contributed by atoms with E-state index in [-0.39, 0.29) is 23.9 Å². The number of para-hydroxylation sites is 1. The second kappa shape index (κ2) is 9.42. The molecule has 122 valence electrons. The normalized spacial score (nSPS) is 13.3. The first-order chi connectivity index (χ1) is 10.5. The van der Waals surface area contributed by atoms with Crippen molar-refractivity contribution < 1.29 is 24.5 Å². The lowest BCUT2D eigenvalue weighted by Crippen LogP contribution is -2.34. The molecular formula is C14H20N2O5S. The Morgan fingerprint density at radius 2 is 2.05 bits per heavy atom. The molecule has 0 aliphatic heterocycles. The average molecular weight is 328 g/mol. The maximum absolute atomic E-state index is 11.1. The maximum Gasteiger partial charge on any atom is 0.271 e. The summed E-state index contributed by atoms with van der Waals surface area (Å²) in [6, 6.07) is 6.55. The molecule has 0 aliphatic carbocycles. The highest BCUT2D eigenvalue weighted by atomic mass is 32.2. The zero-order chi connectivity index (χ0) is 16.5.